The monoisotopic (exact) mass is 411 g/mol. The summed E-state index contributed by atoms with van der Waals surface area (Å²) in [7, 11) is 2.85. The lowest BCUT2D eigenvalue weighted by Gasteiger charge is -2.12. The second-order valence-electron chi connectivity index (χ2n) is 6.41. The number of nitrogens with zero attached hydrogens (tertiary/aromatic N) is 2. The fraction of sp³-hybridized carbons (Fsp3) is 0.304. The maximum atomic E-state index is 8.95. The summed E-state index contributed by atoms with van der Waals surface area (Å²) >= 11 is 0. The molecule has 0 aliphatic rings. The van der Waals surface area contributed by atoms with E-state index < -0.39 is 0 Å². The van der Waals surface area contributed by atoms with Crippen molar-refractivity contribution in [3.8, 4) is 0 Å². The number of carbonyl (C=O) groups is 1. The first-order chi connectivity index (χ1) is 14.4. The number of benzene rings is 2. The summed E-state index contributed by atoms with van der Waals surface area (Å²) in [5.74, 6) is 0. The molecule has 0 bridgehead atoms. The molecular formula is C23H29N3O4. The number of ether oxygens (including phenoxy) is 1. The third-order valence-electron chi connectivity index (χ3n) is 4.26. The molecule has 2 rings (SSSR count). The number of oxime groups is 2. The Morgan fingerprint density at radius 3 is 2.07 bits per heavy atom. The van der Waals surface area contributed by atoms with E-state index in [4.69, 9.17) is 19.9 Å². The van der Waals surface area contributed by atoms with Crippen molar-refractivity contribution in [3.05, 3.63) is 70.3 Å². The molecule has 0 amide bonds. The SMILES string of the molecule is CO/N=C(/C)c1cccc(C)c1CO/N=C(\C)c1ccccc1C(C)=N.COC=O. The van der Waals surface area contributed by atoms with Crippen molar-refractivity contribution in [2.45, 2.75) is 34.3 Å². The summed E-state index contributed by atoms with van der Waals surface area (Å²) in [6.45, 7) is 8.30. The second kappa shape index (κ2) is 12.9. The molecular weight excluding hydrogens is 382 g/mol. The van der Waals surface area contributed by atoms with Crippen molar-refractivity contribution in [3.63, 3.8) is 0 Å². The summed E-state index contributed by atoms with van der Waals surface area (Å²) in [5, 5.41) is 16.2. The first kappa shape index (κ1) is 24.6. The molecule has 0 aliphatic carbocycles. The lowest BCUT2D eigenvalue weighted by molar-refractivity contribution is -0.126. The van der Waals surface area contributed by atoms with Gasteiger partial charge in [-0.3, -0.25) is 4.79 Å². The van der Waals surface area contributed by atoms with Gasteiger partial charge >= 0.3 is 0 Å². The second-order valence-corrected chi connectivity index (χ2v) is 6.41. The zero-order valence-electron chi connectivity index (χ0n) is 18.4. The zero-order chi connectivity index (χ0) is 22.5. The van der Waals surface area contributed by atoms with E-state index in [9.17, 15) is 0 Å². The minimum absolute atomic E-state index is 0.335. The Bertz CT molecular complexity index is 920. The highest BCUT2D eigenvalue weighted by Crippen LogP contribution is 2.18. The summed E-state index contributed by atoms with van der Waals surface area (Å²) in [6, 6.07) is 13.7. The van der Waals surface area contributed by atoms with Crippen molar-refractivity contribution < 1.29 is 19.2 Å². The number of nitrogens with one attached hydrogen (secondary N) is 1. The van der Waals surface area contributed by atoms with Crippen LogP contribution in [-0.4, -0.2) is 37.8 Å². The summed E-state index contributed by atoms with van der Waals surface area (Å²) < 4.78 is 3.86. The number of hydrogen-bond donors (Lipinski definition) is 1. The van der Waals surface area contributed by atoms with Crippen molar-refractivity contribution >= 4 is 23.6 Å². The molecule has 0 unspecified atom stereocenters. The standard InChI is InChI=1S/C21H25N3O2.C2H4O2/c1-14-9-8-12-20(16(3)23-25-5)21(14)13-26-24-17(4)19-11-7-6-10-18(19)15(2)22;1-4-2-3/h6-12,22H,13H2,1-5H3;2H,1H3/b22-15?,23-16-,24-17+;. The summed E-state index contributed by atoms with van der Waals surface area (Å²) in [5.41, 5.74) is 6.91. The lowest BCUT2D eigenvalue weighted by atomic mass is 10.00. The number of carbonyl (C=O) groups excluding carboxylic acids is 1. The minimum atomic E-state index is 0.335. The van der Waals surface area contributed by atoms with Crippen LogP contribution in [0.25, 0.3) is 0 Å². The number of aryl methyl sites for hydroxylation is 1. The summed E-state index contributed by atoms with van der Waals surface area (Å²) in [6.07, 6.45) is 0. The fourth-order valence-electron chi connectivity index (χ4n) is 2.79. The number of rotatable bonds is 8. The molecule has 0 heterocycles. The van der Waals surface area contributed by atoms with Crippen LogP contribution < -0.4 is 0 Å². The van der Waals surface area contributed by atoms with Crippen LogP contribution in [0.1, 0.15) is 48.6 Å². The third kappa shape index (κ3) is 7.16. The van der Waals surface area contributed by atoms with Gasteiger partial charge in [0.15, 0.2) is 0 Å². The summed E-state index contributed by atoms with van der Waals surface area (Å²) in [4.78, 5) is 19.5. The van der Waals surface area contributed by atoms with Crippen LogP contribution in [0.3, 0.4) is 0 Å². The van der Waals surface area contributed by atoms with Crippen LogP contribution in [0, 0.1) is 12.3 Å². The quantitative estimate of drug-likeness (QED) is 0.394. The van der Waals surface area contributed by atoms with Gasteiger partial charge in [-0.05, 0) is 33.3 Å². The van der Waals surface area contributed by atoms with Crippen molar-refractivity contribution in [2.75, 3.05) is 14.2 Å². The van der Waals surface area contributed by atoms with Gasteiger partial charge in [-0.2, -0.15) is 0 Å². The van der Waals surface area contributed by atoms with Gasteiger partial charge in [-0.15, -0.1) is 0 Å². The van der Waals surface area contributed by atoms with E-state index in [0.29, 0.717) is 18.8 Å². The van der Waals surface area contributed by atoms with E-state index in [1.807, 2.05) is 63.2 Å². The highest BCUT2D eigenvalue weighted by molar-refractivity contribution is 6.10. The molecule has 0 spiro atoms. The van der Waals surface area contributed by atoms with Gasteiger partial charge in [0.25, 0.3) is 6.47 Å². The average Bonchev–Trinajstić information content (AvgIpc) is 2.74. The normalized spacial score (nSPS) is 11.1. The van der Waals surface area contributed by atoms with E-state index >= 15 is 0 Å². The van der Waals surface area contributed by atoms with Gasteiger partial charge in [-0.25, -0.2) is 0 Å². The van der Waals surface area contributed by atoms with E-state index in [2.05, 4.69) is 15.0 Å². The van der Waals surface area contributed by atoms with Crippen LogP contribution in [0.15, 0.2) is 52.8 Å². The molecule has 0 atom stereocenters. The predicted octanol–water partition coefficient (Wildman–Crippen LogP) is 4.48. The molecule has 0 aromatic heterocycles. The molecule has 0 radical (unpaired) electrons. The van der Waals surface area contributed by atoms with E-state index in [1.165, 1.54) is 14.2 Å². The van der Waals surface area contributed by atoms with Gasteiger partial charge in [0.1, 0.15) is 13.7 Å². The molecule has 160 valence electrons. The van der Waals surface area contributed by atoms with Gasteiger partial charge in [-0.1, -0.05) is 52.8 Å². The molecule has 30 heavy (non-hydrogen) atoms. The fourth-order valence-corrected chi connectivity index (χ4v) is 2.79. The first-order valence-electron chi connectivity index (χ1n) is 9.31. The zero-order valence-corrected chi connectivity index (χ0v) is 18.4. The molecule has 0 fully saturated rings. The number of methoxy groups -OCH3 is 1. The average molecular weight is 412 g/mol. The predicted molar refractivity (Wildman–Crippen MR) is 119 cm³/mol. The van der Waals surface area contributed by atoms with E-state index in [0.717, 1.165) is 39.2 Å². The Labute approximate surface area is 177 Å². The first-order valence-corrected chi connectivity index (χ1v) is 9.31. The van der Waals surface area contributed by atoms with Crippen LogP contribution in [0.2, 0.25) is 0 Å². The minimum Gasteiger partial charge on any atom is -0.471 e. The van der Waals surface area contributed by atoms with E-state index in [-0.39, 0.29) is 0 Å². The molecule has 0 saturated carbocycles. The molecule has 7 heteroatoms. The van der Waals surface area contributed by atoms with Crippen LogP contribution in [0.4, 0.5) is 0 Å². The van der Waals surface area contributed by atoms with Crippen molar-refractivity contribution in [1.29, 1.82) is 5.41 Å². The Balaban J connectivity index is 0.00000103. The van der Waals surface area contributed by atoms with Gasteiger partial charge in [0.2, 0.25) is 0 Å². The highest BCUT2D eigenvalue weighted by Gasteiger charge is 2.11. The molecule has 0 saturated heterocycles. The van der Waals surface area contributed by atoms with Gasteiger partial charge < -0.3 is 19.8 Å². The maximum absolute atomic E-state index is 8.95. The van der Waals surface area contributed by atoms with Crippen LogP contribution in [-0.2, 0) is 25.8 Å². The Morgan fingerprint density at radius 1 is 0.933 bits per heavy atom. The molecule has 2 aromatic carbocycles. The van der Waals surface area contributed by atoms with Crippen LogP contribution >= 0.6 is 0 Å². The van der Waals surface area contributed by atoms with Gasteiger partial charge in [0.05, 0.1) is 18.5 Å². The molecule has 7 nitrogen and oxygen atoms in total. The van der Waals surface area contributed by atoms with Gasteiger partial charge in [0, 0.05) is 28.0 Å². The smallest absolute Gasteiger partial charge is 0.292 e. The maximum Gasteiger partial charge on any atom is 0.292 e. The third-order valence-corrected chi connectivity index (χ3v) is 4.26. The Kier molecular flexibility index (Phi) is 10.5. The Morgan fingerprint density at radius 2 is 1.50 bits per heavy atom. The van der Waals surface area contributed by atoms with Crippen molar-refractivity contribution in [2.24, 2.45) is 10.3 Å². The largest absolute Gasteiger partial charge is 0.471 e. The molecule has 2 aromatic rings. The Hall–Kier alpha value is -3.48. The van der Waals surface area contributed by atoms with E-state index in [1.54, 1.807) is 6.92 Å². The molecule has 0 aliphatic heterocycles. The molecule has 1 N–H and O–H groups in total. The van der Waals surface area contributed by atoms with Crippen molar-refractivity contribution in [1.82, 2.24) is 0 Å². The lowest BCUT2D eigenvalue weighted by Crippen LogP contribution is -2.07. The number of hydrogen-bond acceptors (Lipinski definition) is 7. The van der Waals surface area contributed by atoms with Crippen LogP contribution in [0.5, 0.6) is 0 Å². The topological polar surface area (TPSA) is 93.3 Å². The highest BCUT2D eigenvalue weighted by atomic mass is 16.6.